The Balaban J connectivity index is 1.60. The number of H-pyrrole nitrogens is 1. The Labute approximate surface area is 124 Å². The van der Waals surface area contributed by atoms with Crippen LogP contribution in [0.15, 0.2) is 34.7 Å². The minimum atomic E-state index is -0.363. The average molecular weight is 301 g/mol. The fourth-order valence-corrected chi connectivity index (χ4v) is 3.31. The molecule has 108 valence electrons. The van der Waals surface area contributed by atoms with Crippen molar-refractivity contribution in [3.63, 3.8) is 0 Å². The predicted octanol–water partition coefficient (Wildman–Crippen LogP) is 2.28. The van der Waals surface area contributed by atoms with Gasteiger partial charge in [-0.3, -0.25) is 4.79 Å². The van der Waals surface area contributed by atoms with Crippen LogP contribution in [0.3, 0.4) is 0 Å². The highest BCUT2D eigenvalue weighted by Gasteiger charge is 2.31. The molecule has 0 aromatic carbocycles. The van der Waals surface area contributed by atoms with Crippen molar-refractivity contribution < 1.29 is 5.11 Å². The lowest BCUT2D eigenvalue weighted by Gasteiger charge is -2.06. The lowest BCUT2D eigenvalue weighted by atomic mass is 10.1. The predicted molar refractivity (Wildman–Crippen MR) is 81.5 cm³/mol. The minimum absolute atomic E-state index is 0.0876. The van der Waals surface area contributed by atoms with Crippen LogP contribution in [-0.2, 0) is 6.54 Å². The number of thiophene rings is 1. The lowest BCUT2D eigenvalue weighted by molar-refractivity contribution is 0.154. The molecule has 2 N–H and O–H groups in total. The van der Waals surface area contributed by atoms with Gasteiger partial charge in [0.1, 0.15) is 10.5 Å². The van der Waals surface area contributed by atoms with Gasteiger partial charge in [-0.25, -0.2) is 4.98 Å². The van der Waals surface area contributed by atoms with Gasteiger partial charge in [-0.05, 0) is 41.8 Å². The average Bonchev–Trinajstić information content (AvgIpc) is 3.01. The van der Waals surface area contributed by atoms with Gasteiger partial charge < -0.3 is 14.7 Å². The van der Waals surface area contributed by atoms with Crippen molar-refractivity contribution in [3.05, 3.63) is 51.6 Å². The summed E-state index contributed by atoms with van der Waals surface area (Å²) in [4.78, 5) is 19.2. The number of fused-ring (bicyclic) bond motifs is 1. The quantitative estimate of drug-likeness (QED) is 0.776. The molecule has 1 fully saturated rings. The number of aliphatic hydroxyl groups is 1. The van der Waals surface area contributed by atoms with E-state index in [0.29, 0.717) is 23.0 Å². The number of nitrogens with zero attached hydrogens (tertiary/aromatic N) is 2. The SMILES string of the molecule is O=c1[nH]c(Cn2ccc(C(O)C3CC3)c2)nc2ccsc12. The van der Waals surface area contributed by atoms with Crippen LogP contribution in [-0.4, -0.2) is 19.6 Å². The molecule has 0 radical (unpaired) electrons. The first-order valence-electron chi connectivity index (χ1n) is 7.01. The molecular weight excluding hydrogens is 286 g/mol. The minimum Gasteiger partial charge on any atom is -0.388 e. The van der Waals surface area contributed by atoms with Crippen LogP contribution in [0.5, 0.6) is 0 Å². The summed E-state index contributed by atoms with van der Waals surface area (Å²) in [5, 5.41) is 12.0. The van der Waals surface area contributed by atoms with E-state index < -0.39 is 0 Å². The van der Waals surface area contributed by atoms with E-state index in [2.05, 4.69) is 9.97 Å². The summed E-state index contributed by atoms with van der Waals surface area (Å²) < 4.78 is 2.60. The van der Waals surface area contributed by atoms with Crippen molar-refractivity contribution in [3.8, 4) is 0 Å². The van der Waals surface area contributed by atoms with Gasteiger partial charge in [0.25, 0.3) is 5.56 Å². The van der Waals surface area contributed by atoms with Crippen LogP contribution in [0.4, 0.5) is 0 Å². The molecule has 3 aromatic rings. The van der Waals surface area contributed by atoms with E-state index in [0.717, 1.165) is 23.9 Å². The molecule has 1 saturated carbocycles. The summed E-state index contributed by atoms with van der Waals surface area (Å²) in [6.07, 6.45) is 5.70. The topological polar surface area (TPSA) is 70.9 Å². The molecule has 5 nitrogen and oxygen atoms in total. The molecule has 3 heterocycles. The molecule has 3 aromatic heterocycles. The molecule has 4 rings (SSSR count). The summed E-state index contributed by atoms with van der Waals surface area (Å²) in [6.45, 7) is 0.498. The van der Waals surface area contributed by atoms with Crippen LogP contribution < -0.4 is 5.56 Å². The fraction of sp³-hybridized carbons (Fsp3) is 0.333. The van der Waals surface area contributed by atoms with Gasteiger partial charge in [-0.2, -0.15) is 0 Å². The van der Waals surface area contributed by atoms with E-state index in [1.807, 2.05) is 34.5 Å². The Bertz CT molecular complexity index is 844. The molecule has 0 spiro atoms. The third-order valence-corrected chi connectivity index (χ3v) is 4.78. The summed E-state index contributed by atoms with van der Waals surface area (Å²) in [5.74, 6) is 1.05. The standard InChI is InChI=1S/C15H15N3O2S/c19-13(9-1-2-9)10-3-5-18(7-10)8-12-16-11-4-6-21-14(11)15(20)17-12/h3-7,9,13,19H,1-2,8H2,(H,16,17,20). The second-order valence-corrected chi connectivity index (χ2v) is 6.46. The van der Waals surface area contributed by atoms with Crippen molar-refractivity contribution in [2.24, 2.45) is 5.92 Å². The number of aromatic nitrogens is 3. The van der Waals surface area contributed by atoms with E-state index in [1.165, 1.54) is 11.3 Å². The number of nitrogens with one attached hydrogen (secondary N) is 1. The maximum Gasteiger partial charge on any atom is 0.268 e. The third kappa shape index (κ3) is 2.41. The normalized spacial score (nSPS) is 16.4. The van der Waals surface area contributed by atoms with E-state index in [9.17, 15) is 9.90 Å². The highest BCUT2D eigenvalue weighted by molar-refractivity contribution is 7.17. The monoisotopic (exact) mass is 301 g/mol. The molecule has 0 aliphatic heterocycles. The molecule has 1 unspecified atom stereocenters. The van der Waals surface area contributed by atoms with E-state index >= 15 is 0 Å². The van der Waals surface area contributed by atoms with Crippen LogP contribution in [0.2, 0.25) is 0 Å². The Morgan fingerprint density at radius 2 is 2.33 bits per heavy atom. The summed E-state index contributed by atoms with van der Waals surface area (Å²) in [7, 11) is 0. The molecule has 0 saturated heterocycles. The largest absolute Gasteiger partial charge is 0.388 e. The third-order valence-electron chi connectivity index (χ3n) is 3.88. The smallest absolute Gasteiger partial charge is 0.268 e. The zero-order chi connectivity index (χ0) is 14.4. The Hall–Kier alpha value is -1.92. The van der Waals surface area contributed by atoms with Crippen molar-refractivity contribution in [2.75, 3.05) is 0 Å². The van der Waals surface area contributed by atoms with Crippen LogP contribution in [0.1, 0.15) is 30.3 Å². The van der Waals surface area contributed by atoms with Crippen molar-refractivity contribution in [1.82, 2.24) is 14.5 Å². The maximum absolute atomic E-state index is 11.9. The van der Waals surface area contributed by atoms with E-state index in [4.69, 9.17) is 0 Å². The highest BCUT2D eigenvalue weighted by atomic mass is 32.1. The Morgan fingerprint density at radius 1 is 1.48 bits per heavy atom. The van der Waals surface area contributed by atoms with Gasteiger partial charge >= 0.3 is 0 Å². The number of hydrogen-bond donors (Lipinski definition) is 2. The Kier molecular flexibility index (Phi) is 2.94. The van der Waals surface area contributed by atoms with Gasteiger partial charge in [-0.1, -0.05) is 0 Å². The molecule has 1 atom stereocenters. The van der Waals surface area contributed by atoms with Crippen molar-refractivity contribution >= 4 is 21.6 Å². The van der Waals surface area contributed by atoms with E-state index in [-0.39, 0.29) is 11.7 Å². The van der Waals surface area contributed by atoms with E-state index in [1.54, 1.807) is 0 Å². The summed E-state index contributed by atoms with van der Waals surface area (Å²) in [6, 6.07) is 3.79. The van der Waals surface area contributed by atoms with Gasteiger partial charge in [0.15, 0.2) is 0 Å². The fourth-order valence-electron chi connectivity index (χ4n) is 2.59. The number of aliphatic hydroxyl groups excluding tert-OH is 1. The van der Waals surface area contributed by atoms with Gasteiger partial charge in [0.2, 0.25) is 0 Å². The van der Waals surface area contributed by atoms with Crippen LogP contribution >= 0.6 is 11.3 Å². The van der Waals surface area contributed by atoms with Crippen LogP contribution in [0.25, 0.3) is 10.2 Å². The maximum atomic E-state index is 11.9. The molecule has 0 amide bonds. The molecule has 1 aliphatic rings. The lowest BCUT2D eigenvalue weighted by Crippen LogP contribution is -2.12. The van der Waals surface area contributed by atoms with Crippen LogP contribution in [0, 0.1) is 5.92 Å². The zero-order valence-electron chi connectivity index (χ0n) is 11.3. The summed E-state index contributed by atoms with van der Waals surface area (Å²) >= 11 is 1.40. The van der Waals surface area contributed by atoms with Gasteiger partial charge in [0, 0.05) is 12.4 Å². The first kappa shape index (κ1) is 12.8. The number of rotatable bonds is 4. The molecule has 6 heteroatoms. The van der Waals surface area contributed by atoms with Crippen molar-refractivity contribution in [1.29, 1.82) is 0 Å². The second kappa shape index (κ2) is 4.82. The number of hydrogen-bond acceptors (Lipinski definition) is 4. The molecular formula is C15H15N3O2S. The summed E-state index contributed by atoms with van der Waals surface area (Å²) in [5.41, 5.74) is 1.59. The van der Waals surface area contributed by atoms with Gasteiger partial charge in [-0.15, -0.1) is 11.3 Å². The second-order valence-electron chi connectivity index (χ2n) is 5.55. The first-order valence-corrected chi connectivity index (χ1v) is 7.89. The molecule has 1 aliphatic carbocycles. The Morgan fingerprint density at radius 3 is 3.14 bits per heavy atom. The molecule has 21 heavy (non-hydrogen) atoms. The van der Waals surface area contributed by atoms with Crippen molar-refractivity contribution in [2.45, 2.75) is 25.5 Å². The number of aromatic amines is 1. The van der Waals surface area contributed by atoms with Gasteiger partial charge in [0.05, 0.1) is 18.2 Å². The molecule has 0 bridgehead atoms. The first-order chi connectivity index (χ1) is 10.2. The zero-order valence-corrected chi connectivity index (χ0v) is 12.1. The highest BCUT2D eigenvalue weighted by Crippen LogP contribution is 2.40.